The average Bonchev–Trinajstić information content (AvgIpc) is 3.36. The lowest BCUT2D eigenvalue weighted by atomic mass is 10.2. The first-order valence-electron chi connectivity index (χ1n) is 8.93. The van der Waals surface area contributed by atoms with Gasteiger partial charge in [-0.15, -0.1) is 22.7 Å². The van der Waals surface area contributed by atoms with Crippen LogP contribution in [-0.2, 0) is 4.74 Å². The van der Waals surface area contributed by atoms with E-state index in [1.165, 1.54) is 24.3 Å². The van der Waals surface area contributed by atoms with Gasteiger partial charge in [-0.1, -0.05) is 11.6 Å². The van der Waals surface area contributed by atoms with Gasteiger partial charge in [-0.3, -0.25) is 9.59 Å². The number of hydrogen-bond acceptors (Lipinski definition) is 7. The van der Waals surface area contributed by atoms with Crippen LogP contribution in [0.15, 0.2) is 46.6 Å². The lowest BCUT2D eigenvalue weighted by Crippen LogP contribution is -2.25. The first-order valence-corrected chi connectivity index (χ1v) is 11.0. The monoisotopic (exact) mass is 477 g/mol. The van der Waals surface area contributed by atoms with Gasteiger partial charge in [-0.2, -0.15) is 9.78 Å². The lowest BCUT2D eigenvalue weighted by molar-refractivity contribution is 0.0520. The number of fused-ring (bicyclic) bond motifs is 1. The molecule has 0 aliphatic rings. The summed E-state index contributed by atoms with van der Waals surface area (Å²) in [4.78, 5) is 38.7. The highest BCUT2D eigenvalue weighted by atomic mass is 35.5. The Morgan fingerprint density at radius 1 is 1.23 bits per heavy atom. The van der Waals surface area contributed by atoms with Gasteiger partial charge >= 0.3 is 5.97 Å². The number of aromatic nitrogens is 2. The number of benzene rings is 1. The minimum absolute atomic E-state index is 0.0864. The van der Waals surface area contributed by atoms with Crippen LogP contribution in [0.3, 0.4) is 0 Å². The summed E-state index contributed by atoms with van der Waals surface area (Å²) < 4.78 is 19.9. The molecule has 0 unspecified atom stereocenters. The lowest BCUT2D eigenvalue weighted by Gasteiger charge is -2.09. The van der Waals surface area contributed by atoms with Gasteiger partial charge in [-0.05, 0) is 43.3 Å². The van der Waals surface area contributed by atoms with E-state index in [0.29, 0.717) is 9.21 Å². The van der Waals surface area contributed by atoms with E-state index < -0.39 is 23.3 Å². The molecule has 11 heteroatoms. The average molecular weight is 478 g/mol. The molecule has 0 fully saturated rings. The minimum Gasteiger partial charge on any atom is -0.461 e. The molecule has 0 radical (unpaired) electrons. The Bertz CT molecular complexity index is 1360. The largest absolute Gasteiger partial charge is 0.461 e. The highest BCUT2D eigenvalue weighted by Crippen LogP contribution is 2.32. The first kappa shape index (κ1) is 21.2. The number of nitrogens with one attached hydrogen (secondary N) is 1. The first-order chi connectivity index (χ1) is 14.9. The van der Waals surface area contributed by atoms with Crippen molar-refractivity contribution in [2.24, 2.45) is 0 Å². The molecule has 0 aliphatic heterocycles. The highest BCUT2D eigenvalue weighted by Gasteiger charge is 2.23. The summed E-state index contributed by atoms with van der Waals surface area (Å²) in [7, 11) is 0. The molecule has 0 saturated carbocycles. The number of thiophene rings is 2. The Labute approximate surface area is 187 Å². The highest BCUT2D eigenvalue weighted by molar-refractivity contribution is 7.18. The molecule has 1 aromatic carbocycles. The Balaban J connectivity index is 1.89. The van der Waals surface area contributed by atoms with Crippen LogP contribution < -0.4 is 10.9 Å². The quantitative estimate of drug-likeness (QED) is 0.420. The topological polar surface area (TPSA) is 90.3 Å². The number of amides is 1. The van der Waals surface area contributed by atoms with Crippen LogP contribution in [0.2, 0.25) is 4.34 Å². The maximum atomic E-state index is 13.3. The van der Waals surface area contributed by atoms with Gasteiger partial charge in [0.1, 0.15) is 10.8 Å². The van der Waals surface area contributed by atoms with Crippen LogP contribution in [0, 0.1) is 5.82 Å². The zero-order valence-electron chi connectivity index (χ0n) is 15.8. The number of anilines is 1. The fourth-order valence-corrected chi connectivity index (χ4v) is 4.72. The summed E-state index contributed by atoms with van der Waals surface area (Å²) in [6, 6.07) is 8.24. The van der Waals surface area contributed by atoms with E-state index in [4.69, 9.17) is 16.3 Å². The second kappa shape index (κ2) is 8.58. The number of nitrogens with zero attached hydrogens (tertiary/aromatic N) is 2. The van der Waals surface area contributed by atoms with E-state index in [1.54, 1.807) is 24.4 Å². The van der Waals surface area contributed by atoms with Gasteiger partial charge in [-0.25, -0.2) is 9.18 Å². The molecule has 0 atom stereocenters. The summed E-state index contributed by atoms with van der Waals surface area (Å²) in [5.74, 6) is -1.64. The van der Waals surface area contributed by atoms with Crippen molar-refractivity contribution in [1.29, 1.82) is 0 Å². The molecule has 158 valence electrons. The number of ether oxygens (including phenoxy) is 1. The van der Waals surface area contributed by atoms with E-state index in [-0.39, 0.29) is 33.8 Å². The maximum absolute atomic E-state index is 13.3. The molecular weight excluding hydrogens is 465 g/mol. The Hall–Kier alpha value is -3.08. The van der Waals surface area contributed by atoms with E-state index in [2.05, 4.69) is 10.4 Å². The number of hydrogen-bond donors (Lipinski definition) is 1. The van der Waals surface area contributed by atoms with Crippen molar-refractivity contribution >= 4 is 61.9 Å². The fourth-order valence-electron chi connectivity index (χ4n) is 2.85. The Kier molecular flexibility index (Phi) is 5.86. The predicted octanol–water partition coefficient (Wildman–Crippen LogP) is 4.73. The van der Waals surface area contributed by atoms with E-state index in [1.807, 2.05) is 0 Å². The summed E-state index contributed by atoms with van der Waals surface area (Å²) in [5.41, 5.74) is -0.403. The van der Waals surface area contributed by atoms with Crippen molar-refractivity contribution in [3.8, 4) is 5.69 Å². The number of carbonyl (C=O) groups excluding carboxylic acids is 2. The van der Waals surface area contributed by atoms with E-state index in [0.717, 1.165) is 27.4 Å². The van der Waals surface area contributed by atoms with Crippen LogP contribution >= 0.6 is 34.3 Å². The molecule has 4 aromatic rings. The molecule has 4 rings (SSSR count). The molecule has 1 N–H and O–H groups in total. The van der Waals surface area contributed by atoms with Gasteiger partial charge in [0.05, 0.1) is 26.9 Å². The number of esters is 1. The fraction of sp³-hybridized carbons (Fsp3) is 0.100. The van der Waals surface area contributed by atoms with Crippen LogP contribution in [0.1, 0.15) is 27.1 Å². The van der Waals surface area contributed by atoms with Crippen LogP contribution in [0.25, 0.3) is 16.5 Å². The van der Waals surface area contributed by atoms with Crippen molar-refractivity contribution in [3.05, 3.63) is 72.9 Å². The molecule has 7 nitrogen and oxygen atoms in total. The third-order valence-corrected chi connectivity index (χ3v) is 6.34. The molecule has 0 spiro atoms. The van der Waals surface area contributed by atoms with Crippen molar-refractivity contribution in [2.45, 2.75) is 6.92 Å². The standard InChI is InChI=1S/C20H13ClFN3O4S2/c1-2-29-20(28)16-12-9-30-18(23-17(26)13-7-8-14(21)31-13)15(12)19(27)25(24-16)11-5-3-10(22)4-6-11/h3-9H,2H2,1H3,(H,23,26). The molecule has 3 aromatic heterocycles. The SMILES string of the molecule is CCOC(=O)c1nn(-c2ccc(F)cc2)c(=O)c2c(NC(=O)c3ccc(Cl)s3)scc12. The van der Waals surface area contributed by atoms with Crippen LogP contribution in [0.4, 0.5) is 9.39 Å². The maximum Gasteiger partial charge on any atom is 0.359 e. The number of rotatable bonds is 5. The van der Waals surface area contributed by atoms with E-state index in [9.17, 15) is 18.8 Å². The normalized spacial score (nSPS) is 10.9. The van der Waals surface area contributed by atoms with Gasteiger partial charge in [0, 0.05) is 10.8 Å². The van der Waals surface area contributed by atoms with Crippen LogP contribution in [0.5, 0.6) is 0 Å². The third kappa shape index (κ3) is 4.09. The second-order valence-electron chi connectivity index (χ2n) is 6.17. The number of halogens is 2. The van der Waals surface area contributed by atoms with Gasteiger partial charge in [0.25, 0.3) is 11.5 Å². The number of carbonyl (C=O) groups is 2. The molecule has 1 amide bonds. The summed E-state index contributed by atoms with van der Waals surface area (Å²) in [6.45, 7) is 1.76. The Morgan fingerprint density at radius 3 is 2.61 bits per heavy atom. The zero-order valence-corrected chi connectivity index (χ0v) is 18.2. The smallest absolute Gasteiger partial charge is 0.359 e. The molecule has 0 saturated heterocycles. The van der Waals surface area contributed by atoms with Crippen molar-refractivity contribution in [1.82, 2.24) is 9.78 Å². The van der Waals surface area contributed by atoms with Crippen molar-refractivity contribution < 1.29 is 18.7 Å². The molecule has 0 aliphatic carbocycles. The molecule has 31 heavy (non-hydrogen) atoms. The summed E-state index contributed by atoms with van der Waals surface area (Å²) >= 11 is 8.07. The van der Waals surface area contributed by atoms with E-state index >= 15 is 0 Å². The summed E-state index contributed by atoms with van der Waals surface area (Å²) in [5, 5.41) is 9.02. The van der Waals surface area contributed by atoms with Gasteiger partial charge in [0.2, 0.25) is 0 Å². The van der Waals surface area contributed by atoms with Crippen molar-refractivity contribution in [3.63, 3.8) is 0 Å². The minimum atomic E-state index is -0.718. The van der Waals surface area contributed by atoms with Crippen LogP contribution in [-0.4, -0.2) is 28.3 Å². The molecular formula is C20H13ClFN3O4S2. The second-order valence-corrected chi connectivity index (χ2v) is 8.77. The predicted molar refractivity (Wildman–Crippen MR) is 118 cm³/mol. The molecule has 3 heterocycles. The summed E-state index contributed by atoms with van der Waals surface area (Å²) in [6.07, 6.45) is 0. The Morgan fingerprint density at radius 2 is 1.97 bits per heavy atom. The zero-order chi connectivity index (χ0) is 22.1. The van der Waals surface area contributed by atoms with Gasteiger partial charge < -0.3 is 10.1 Å². The molecule has 0 bridgehead atoms. The van der Waals surface area contributed by atoms with Gasteiger partial charge in [0.15, 0.2) is 5.69 Å². The van der Waals surface area contributed by atoms with Crippen molar-refractivity contribution in [2.75, 3.05) is 11.9 Å². The third-order valence-electron chi connectivity index (χ3n) is 4.22.